The topological polar surface area (TPSA) is 17.1 Å². The van der Waals surface area contributed by atoms with Crippen LogP contribution in [0.15, 0.2) is 11.6 Å². The Morgan fingerprint density at radius 1 is 1.46 bits per heavy atom. The van der Waals surface area contributed by atoms with Gasteiger partial charge in [0.25, 0.3) is 0 Å². The van der Waals surface area contributed by atoms with Crippen LogP contribution >= 0.6 is 0 Å². The molecule has 0 aromatic carbocycles. The third-order valence-electron chi connectivity index (χ3n) is 2.57. The number of carbonyl (C=O) groups excluding carboxylic acids is 1. The molecule has 74 valence electrons. The highest BCUT2D eigenvalue weighted by Crippen LogP contribution is 2.25. The smallest absolute Gasteiger partial charge is 0.155 e. The Labute approximate surface area is 81.2 Å². The van der Waals surface area contributed by atoms with Crippen molar-refractivity contribution in [3.8, 4) is 0 Å². The second kappa shape index (κ2) is 4.59. The lowest BCUT2D eigenvalue weighted by Gasteiger charge is -2.18. The molecular weight excluding hydrogens is 160 g/mol. The molecule has 0 heterocycles. The summed E-state index contributed by atoms with van der Waals surface area (Å²) >= 11 is 0. The molecule has 1 heteroatoms. The van der Waals surface area contributed by atoms with E-state index < -0.39 is 0 Å². The Morgan fingerprint density at radius 2 is 2.15 bits per heavy atom. The highest BCUT2D eigenvalue weighted by molar-refractivity contribution is 5.91. The Bertz CT molecular complexity index is 213. The summed E-state index contributed by atoms with van der Waals surface area (Å²) in [7, 11) is 0. The Hall–Kier alpha value is -0.590. The largest absolute Gasteiger partial charge is 0.295 e. The van der Waals surface area contributed by atoms with Crippen molar-refractivity contribution in [3.05, 3.63) is 11.6 Å². The van der Waals surface area contributed by atoms with Crippen LogP contribution in [0.4, 0.5) is 0 Å². The number of allylic oxidation sites excluding steroid dienone is 2. The molecule has 0 aromatic rings. The first kappa shape index (κ1) is 10.5. The van der Waals surface area contributed by atoms with E-state index in [1.807, 2.05) is 6.08 Å². The van der Waals surface area contributed by atoms with Crippen LogP contribution in [0.2, 0.25) is 0 Å². The van der Waals surface area contributed by atoms with Gasteiger partial charge in [-0.3, -0.25) is 4.79 Å². The molecule has 13 heavy (non-hydrogen) atoms. The summed E-state index contributed by atoms with van der Waals surface area (Å²) in [5.41, 5.74) is 1.37. The van der Waals surface area contributed by atoms with E-state index in [1.165, 1.54) is 12.0 Å². The SMILES string of the molecule is CC(C)CCC1=CC(=O)CC(C)C1. The molecule has 1 unspecified atom stereocenters. The highest BCUT2D eigenvalue weighted by atomic mass is 16.1. The summed E-state index contributed by atoms with van der Waals surface area (Å²) in [4.78, 5) is 11.3. The standard InChI is InChI=1S/C12H20O/c1-9(2)4-5-11-6-10(3)7-12(13)8-11/h8-10H,4-7H2,1-3H3. The molecule has 0 radical (unpaired) electrons. The molecule has 0 fully saturated rings. The van der Waals surface area contributed by atoms with E-state index in [-0.39, 0.29) is 0 Å². The van der Waals surface area contributed by atoms with Gasteiger partial charge < -0.3 is 0 Å². The number of hydrogen-bond donors (Lipinski definition) is 0. The Morgan fingerprint density at radius 3 is 2.69 bits per heavy atom. The Balaban J connectivity index is 2.44. The molecule has 1 aliphatic carbocycles. The quantitative estimate of drug-likeness (QED) is 0.651. The molecule has 0 saturated heterocycles. The maximum atomic E-state index is 11.3. The Kier molecular flexibility index (Phi) is 3.71. The van der Waals surface area contributed by atoms with E-state index in [4.69, 9.17) is 0 Å². The minimum absolute atomic E-state index is 0.331. The number of carbonyl (C=O) groups is 1. The van der Waals surface area contributed by atoms with E-state index in [1.54, 1.807) is 0 Å². The van der Waals surface area contributed by atoms with Crippen molar-refractivity contribution in [1.82, 2.24) is 0 Å². The van der Waals surface area contributed by atoms with Crippen molar-refractivity contribution >= 4 is 5.78 Å². The summed E-state index contributed by atoms with van der Waals surface area (Å²) in [6, 6.07) is 0. The molecule has 1 aliphatic rings. The molecule has 0 aromatic heterocycles. The second-order valence-electron chi connectivity index (χ2n) is 4.71. The fraction of sp³-hybridized carbons (Fsp3) is 0.750. The fourth-order valence-corrected chi connectivity index (χ4v) is 1.86. The molecule has 0 N–H and O–H groups in total. The third-order valence-corrected chi connectivity index (χ3v) is 2.57. The van der Waals surface area contributed by atoms with E-state index in [9.17, 15) is 4.79 Å². The molecule has 0 aliphatic heterocycles. The van der Waals surface area contributed by atoms with Gasteiger partial charge in [-0.05, 0) is 37.2 Å². The lowest BCUT2D eigenvalue weighted by molar-refractivity contribution is -0.115. The first-order valence-corrected chi connectivity index (χ1v) is 5.30. The zero-order chi connectivity index (χ0) is 9.84. The van der Waals surface area contributed by atoms with Crippen LogP contribution in [0.5, 0.6) is 0 Å². The maximum absolute atomic E-state index is 11.3. The molecular formula is C12H20O. The van der Waals surface area contributed by atoms with Crippen molar-refractivity contribution < 1.29 is 4.79 Å². The van der Waals surface area contributed by atoms with Crippen molar-refractivity contribution in [1.29, 1.82) is 0 Å². The van der Waals surface area contributed by atoms with Gasteiger partial charge >= 0.3 is 0 Å². The summed E-state index contributed by atoms with van der Waals surface area (Å²) in [5.74, 6) is 1.64. The third kappa shape index (κ3) is 3.75. The molecule has 0 saturated carbocycles. The zero-order valence-electron chi connectivity index (χ0n) is 8.97. The molecule has 1 nitrogen and oxygen atoms in total. The van der Waals surface area contributed by atoms with Gasteiger partial charge in [-0.2, -0.15) is 0 Å². The first-order chi connectivity index (χ1) is 6.08. The lowest BCUT2D eigenvalue weighted by atomic mass is 9.86. The summed E-state index contributed by atoms with van der Waals surface area (Å²) < 4.78 is 0. The van der Waals surface area contributed by atoms with Crippen LogP contribution in [-0.2, 0) is 4.79 Å². The summed E-state index contributed by atoms with van der Waals surface area (Å²) in [6.45, 7) is 6.63. The highest BCUT2D eigenvalue weighted by Gasteiger charge is 2.16. The second-order valence-corrected chi connectivity index (χ2v) is 4.71. The first-order valence-electron chi connectivity index (χ1n) is 5.30. The number of ketones is 1. The normalized spacial score (nSPS) is 23.5. The van der Waals surface area contributed by atoms with Gasteiger partial charge in [0.15, 0.2) is 5.78 Å². The molecule has 0 spiro atoms. The molecule has 1 rings (SSSR count). The average molecular weight is 180 g/mol. The van der Waals surface area contributed by atoms with Crippen LogP contribution < -0.4 is 0 Å². The van der Waals surface area contributed by atoms with E-state index in [0.29, 0.717) is 11.7 Å². The van der Waals surface area contributed by atoms with Crippen LogP contribution in [0, 0.1) is 11.8 Å². The average Bonchev–Trinajstić information content (AvgIpc) is 1.99. The number of rotatable bonds is 3. The minimum Gasteiger partial charge on any atom is -0.295 e. The van der Waals surface area contributed by atoms with Gasteiger partial charge in [0, 0.05) is 6.42 Å². The summed E-state index contributed by atoms with van der Waals surface area (Å²) in [5, 5.41) is 0. The number of hydrogen-bond acceptors (Lipinski definition) is 1. The van der Waals surface area contributed by atoms with Crippen molar-refractivity contribution in [3.63, 3.8) is 0 Å². The van der Waals surface area contributed by atoms with Crippen LogP contribution in [0.25, 0.3) is 0 Å². The monoisotopic (exact) mass is 180 g/mol. The van der Waals surface area contributed by atoms with E-state index >= 15 is 0 Å². The van der Waals surface area contributed by atoms with Crippen LogP contribution in [-0.4, -0.2) is 5.78 Å². The molecule has 0 amide bonds. The van der Waals surface area contributed by atoms with Gasteiger partial charge in [-0.25, -0.2) is 0 Å². The predicted octanol–water partition coefficient (Wildman–Crippen LogP) is 3.35. The van der Waals surface area contributed by atoms with Crippen LogP contribution in [0.3, 0.4) is 0 Å². The van der Waals surface area contributed by atoms with Gasteiger partial charge in [0.05, 0.1) is 0 Å². The van der Waals surface area contributed by atoms with Gasteiger partial charge in [0.1, 0.15) is 0 Å². The van der Waals surface area contributed by atoms with E-state index in [0.717, 1.165) is 25.2 Å². The molecule has 0 bridgehead atoms. The van der Waals surface area contributed by atoms with Gasteiger partial charge in [-0.1, -0.05) is 26.3 Å². The van der Waals surface area contributed by atoms with Gasteiger partial charge in [-0.15, -0.1) is 0 Å². The van der Waals surface area contributed by atoms with Crippen molar-refractivity contribution in [2.75, 3.05) is 0 Å². The predicted molar refractivity (Wildman–Crippen MR) is 55.6 cm³/mol. The fourth-order valence-electron chi connectivity index (χ4n) is 1.86. The maximum Gasteiger partial charge on any atom is 0.155 e. The van der Waals surface area contributed by atoms with Crippen molar-refractivity contribution in [2.24, 2.45) is 11.8 Å². The summed E-state index contributed by atoms with van der Waals surface area (Å²) in [6.07, 6.45) is 6.10. The lowest BCUT2D eigenvalue weighted by Crippen LogP contribution is -2.11. The minimum atomic E-state index is 0.331. The van der Waals surface area contributed by atoms with E-state index in [2.05, 4.69) is 20.8 Å². The van der Waals surface area contributed by atoms with Gasteiger partial charge in [0.2, 0.25) is 0 Å². The van der Waals surface area contributed by atoms with Crippen LogP contribution in [0.1, 0.15) is 46.5 Å². The zero-order valence-corrected chi connectivity index (χ0v) is 8.97. The molecule has 1 atom stereocenters. The van der Waals surface area contributed by atoms with Crippen molar-refractivity contribution in [2.45, 2.75) is 46.5 Å².